The molecule has 19 heavy (non-hydrogen) atoms. The number of nitrogens with one attached hydrogen (secondary N) is 2. The third-order valence-electron chi connectivity index (χ3n) is 3.88. The average molecular weight is 262 g/mol. The van der Waals surface area contributed by atoms with Gasteiger partial charge in [0.2, 0.25) is 5.95 Å². The maximum atomic E-state index is 4.54. The third-order valence-corrected chi connectivity index (χ3v) is 3.88. The zero-order valence-corrected chi connectivity index (χ0v) is 12.2. The first-order valence-electron chi connectivity index (χ1n) is 7.63. The standard InChI is InChI=1S/C15H26N4/c1-3-10-16-15-17-11-9-14(19-15)18-13-8-6-4-5-7-12(13)2/h9,11-13H,3-8,10H2,1-2H3,(H2,16,17,18,19). The molecule has 1 aromatic rings. The van der Waals surface area contributed by atoms with Crippen molar-refractivity contribution >= 4 is 11.8 Å². The van der Waals surface area contributed by atoms with Crippen molar-refractivity contribution in [3.63, 3.8) is 0 Å². The van der Waals surface area contributed by atoms with Crippen LogP contribution in [0.5, 0.6) is 0 Å². The van der Waals surface area contributed by atoms with Crippen LogP contribution in [-0.4, -0.2) is 22.6 Å². The summed E-state index contributed by atoms with van der Waals surface area (Å²) in [5.74, 6) is 2.41. The Morgan fingerprint density at radius 2 is 2.11 bits per heavy atom. The average Bonchev–Trinajstić information content (AvgIpc) is 2.62. The molecule has 1 saturated carbocycles. The smallest absolute Gasteiger partial charge is 0.224 e. The van der Waals surface area contributed by atoms with Gasteiger partial charge in [-0.2, -0.15) is 4.98 Å². The molecule has 106 valence electrons. The number of hydrogen-bond donors (Lipinski definition) is 2. The maximum absolute atomic E-state index is 4.54. The zero-order chi connectivity index (χ0) is 13.5. The van der Waals surface area contributed by atoms with Gasteiger partial charge in [-0.05, 0) is 31.2 Å². The Balaban J connectivity index is 1.97. The van der Waals surface area contributed by atoms with Gasteiger partial charge in [0.15, 0.2) is 0 Å². The Kier molecular flexibility index (Phi) is 5.43. The second-order valence-electron chi connectivity index (χ2n) is 5.56. The van der Waals surface area contributed by atoms with Gasteiger partial charge in [0.05, 0.1) is 0 Å². The molecule has 4 nitrogen and oxygen atoms in total. The molecule has 1 aliphatic rings. The minimum Gasteiger partial charge on any atom is -0.367 e. The van der Waals surface area contributed by atoms with Gasteiger partial charge < -0.3 is 10.6 Å². The van der Waals surface area contributed by atoms with Gasteiger partial charge in [0.25, 0.3) is 0 Å². The van der Waals surface area contributed by atoms with E-state index in [0.29, 0.717) is 6.04 Å². The molecule has 2 N–H and O–H groups in total. The lowest BCUT2D eigenvalue weighted by Gasteiger charge is -2.23. The number of rotatable bonds is 5. The summed E-state index contributed by atoms with van der Waals surface area (Å²) in [5.41, 5.74) is 0. The van der Waals surface area contributed by atoms with Crippen LogP contribution < -0.4 is 10.6 Å². The molecular weight excluding hydrogens is 236 g/mol. The van der Waals surface area contributed by atoms with Crippen molar-refractivity contribution in [1.29, 1.82) is 0 Å². The van der Waals surface area contributed by atoms with Crippen molar-refractivity contribution in [1.82, 2.24) is 9.97 Å². The summed E-state index contributed by atoms with van der Waals surface area (Å²) in [4.78, 5) is 8.78. The van der Waals surface area contributed by atoms with Crippen molar-refractivity contribution in [2.45, 2.75) is 58.4 Å². The first-order valence-corrected chi connectivity index (χ1v) is 7.63. The molecular formula is C15H26N4. The van der Waals surface area contributed by atoms with E-state index in [0.717, 1.165) is 30.6 Å². The normalized spacial score (nSPS) is 23.7. The molecule has 0 saturated heterocycles. The highest BCUT2D eigenvalue weighted by Crippen LogP contribution is 2.25. The molecule has 4 heteroatoms. The van der Waals surface area contributed by atoms with Gasteiger partial charge in [0, 0.05) is 18.8 Å². The fourth-order valence-electron chi connectivity index (χ4n) is 2.66. The third kappa shape index (κ3) is 4.37. The van der Waals surface area contributed by atoms with E-state index < -0.39 is 0 Å². The molecule has 1 heterocycles. The van der Waals surface area contributed by atoms with E-state index in [1.165, 1.54) is 32.1 Å². The molecule has 0 amide bonds. The summed E-state index contributed by atoms with van der Waals surface area (Å²) in [6.45, 7) is 5.41. The quantitative estimate of drug-likeness (QED) is 0.795. The number of nitrogens with zero attached hydrogens (tertiary/aromatic N) is 2. The molecule has 2 unspecified atom stereocenters. The number of aromatic nitrogens is 2. The predicted molar refractivity (Wildman–Crippen MR) is 80.5 cm³/mol. The summed E-state index contributed by atoms with van der Waals surface area (Å²) in [5, 5.41) is 6.83. The minimum atomic E-state index is 0.552. The number of hydrogen-bond acceptors (Lipinski definition) is 4. The Bertz CT molecular complexity index is 380. The van der Waals surface area contributed by atoms with E-state index in [9.17, 15) is 0 Å². The summed E-state index contributed by atoms with van der Waals surface area (Å²) in [7, 11) is 0. The molecule has 0 spiro atoms. The molecule has 2 rings (SSSR count). The Morgan fingerprint density at radius 3 is 2.95 bits per heavy atom. The zero-order valence-electron chi connectivity index (χ0n) is 12.2. The molecule has 2 atom stereocenters. The van der Waals surface area contributed by atoms with Crippen LogP contribution in [-0.2, 0) is 0 Å². The second kappa shape index (κ2) is 7.31. The molecule has 1 fully saturated rings. The van der Waals surface area contributed by atoms with Crippen LogP contribution in [0.3, 0.4) is 0 Å². The lowest BCUT2D eigenvalue weighted by atomic mass is 9.97. The second-order valence-corrected chi connectivity index (χ2v) is 5.56. The van der Waals surface area contributed by atoms with Crippen LogP contribution in [0.1, 0.15) is 52.4 Å². The lowest BCUT2D eigenvalue weighted by molar-refractivity contribution is 0.455. The van der Waals surface area contributed by atoms with E-state index in [-0.39, 0.29) is 0 Å². The lowest BCUT2D eigenvalue weighted by Crippen LogP contribution is -2.26. The summed E-state index contributed by atoms with van der Waals surface area (Å²) in [6.07, 6.45) is 9.55. The summed E-state index contributed by atoms with van der Waals surface area (Å²) >= 11 is 0. The van der Waals surface area contributed by atoms with Gasteiger partial charge in [-0.15, -0.1) is 0 Å². The molecule has 0 bridgehead atoms. The van der Waals surface area contributed by atoms with E-state index in [4.69, 9.17) is 0 Å². The molecule has 1 aliphatic carbocycles. The fourth-order valence-corrected chi connectivity index (χ4v) is 2.66. The highest BCUT2D eigenvalue weighted by atomic mass is 15.1. The highest BCUT2D eigenvalue weighted by Gasteiger charge is 2.19. The molecule has 0 aliphatic heterocycles. The summed E-state index contributed by atoms with van der Waals surface area (Å²) in [6, 6.07) is 2.52. The van der Waals surface area contributed by atoms with Gasteiger partial charge in [-0.25, -0.2) is 4.98 Å². The van der Waals surface area contributed by atoms with Crippen molar-refractivity contribution in [3.8, 4) is 0 Å². The summed E-state index contributed by atoms with van der Waals surface area (Å²) < 4.78 is 0. The van der Waals surface area contributed by atoms with Crippen LogP contribution >= 0.6 is 0 Å². The van der Waals surface area contributed by atoms with Crippen LogP contribution in [0.25, 0.3) is 0 Å². The SMILES string of the molecule is CCCNc1nccc(NC2CCCCCC2C)n1. The highest BCUT2D eigenvalue weighted by molar-refractivity contribution is 5.40. The van der Waals surface area contributed by atoms with Gasteiger partial charge >= 0.3 is 0 Å². The van der Waals surface area contributed by atoms with Gasteiger partial charge in [-0.1, -0.05) is 33.1 Å². The Labute approximate surface area is 116 Å². The van der Waals surface area contributed by atoms with E-state index in [1.807, 2.05) is 12.3 Å². The Hall–Kier alpha value is -1.32. The number of anilines is 2. The largest absolute Gasteiger partial charge is 0.367 e. The maximum Gasteiger partial charge on any atom is 0.224 e. The van der Waals surface area contributed by atoms with E-state index in [1.54, 1.807) is 0 Å². The van der Waals surface area contributed by atoms with Crippen molar-refractivity contribution in [2.75, 3.05) is 17.2 Å². The first-order chi connectivity index (χ1) is 9.29. The molecule has 0 aromatic carbocycles. The molecule has 1 aromatic heterocycles. The van der Waals surface area contributed by atoms with Crippen LogP contribution in [0.15, 0.2) is 12.3 Å². The van der Waals surface area contributed by atoms with Crippen molar-refractivity contribution in [3.05, 3.63) is 12.3 Å². The van der Waals surface area contributed by atoms with Crippen LogP contribution in [0, 0.1) is 5.92 Å². The van der Waals surface area contributed by atoms with Gasteiger partial charge in [-0.3, -0.25) is 0 Å². The van der Waals surface area contributed by atoms with Crippen molar-refractivity contribution in [2.24, 2.45) is 5.92 Å². The van der Waals surface area contributed by atoms with E-state index >= 15 is 0 Å². The molecule has 0 radical (unpaired) electrons. The minimum absolute atomic E-state index is 0.552. The monoisotopic (exact) mass is 262 g/mol. The Morgan fingerprint density at radius 1 is 1.26 bits per heavy atom. The predicted octanol–water partition coefficient (Wildman–Crippen LogP) is 3.68. The fraction of sp³-hybridized carbons (Fsp3) is 0.733. The van der Waals surface area contributed by atoms with E-state index in [2.05, 4.69) is 34.4 Å². The topological polar surface area (TPSA) is 49.8 Å². The first kappa shape index (κ1) is 14.1. The van der Waals surface area contributed by atoms with Gasteiger partial charge in [0.1, 0.15) is 5.82 Å². The van der Waals surface area contributed by atoms with Crippen LogP contribution in [0.2, 0.25) is 0 Å². The van der Waals surface area contributed by atoms with Crippen molar-refractivity contribution < 1.29 is 0 Å². The van der Waals surface area contributed by atoms with Crippen LogP contribution in [0.4, 0.5) is 11.8 Å².